The fourth-order valence-electron chi connectivity index (χ4n) is 2.63. The fourth-order valence-corrected chi connectivity index (χ4v) is 3.29. The first-order chi connectivity index (χ1) is 12.2. The zero-order chi connectivity index (χ0) is 19.3. The summed E-state index contributed by atoms with van der Waals surface area (Å²) in [7, 11) is 0.150. The maximum atomic E-state index is 12.3. The van der Waals surface area contributed by atoms with Crippen LogP contribution >= 0.6 is 0 Å². The van der Waals surface area contributed by atoms with E-state index in [1.54, 1.807) is 19.2 Å². The Balaban J connectivity index is 2.01. The molecule has 1 N–H and O–H groups in total. The quantitative estimate of drug-likeness (QED) is 0.803. The number of nitrogens with zero attached hydrogens (tertiary/aromatic N) is 1. The second kappa shape index (κ2) is 8.33. The van der Waals surface area contributed by atoms with Gasteiger partial charge in [0.05, 0.1) is 18.6 Å². The van der Waals surface area contributed by atoms with Gasteiger partial charge in [0.15, 0.2) is 9.84 Å². The Morgan fingerprint density at radius 1 is 1.19 bits per heavy atom. The monoisotopic (exact) mass is 376 g/mol. The van der Waals surface area contributed by atoms with Crippen molar-refractivity contribution < 1.29 is 17.9 Å². The molecule has 0 saturated carbocycles. The number of nitrogens with one attached hydrogen (secondary N) is 1. The normalized spacial score (nSPS) is 11.4. The van der Waals surface area contributed by atoms with Crippen LogP contribution in [0.25, 0.3) is 0 Å². The lowest BCUT2D eigenvalue weighted by molar-refractivity contribution is -0.117. The Morgan fingerprint density at radius 3 is 2.58 bits per heavy atom. The van der Waals surface area contributed by atoms with Crippen molar-refractivity contribution in [2.45, 2.75) is 18.4 Å². The standard InChI is InChI=1S/C19H24N2O4S/c1-14-8-9-18(25-3)15(10-14)12-21(2)13-19(22)20-16-6-5-7-17(11-16)26(4,23)24/h5-11H,12-13H2,1-4H3,(H,20,22). The van der Waals surface area contributed by atoms with E-state index in [4.69, 9.17) is 4.74 Å². The van der Waals surface area contributed by atoms with Crippen molar-refractivity contribution >= 4 is 21.4 Å². The molecule has 0 aliphatic heterocycles. The van der Waals surface area contributed by atoms with Crippen LogP contribution in [0.5, 0.6) is 5.75 Å². The lowest BCUT2D eigenvalue weighted by Gasteiger charge is -2.18. The van der Waals surface area contributed by atoms with Gasteiger partial charge in [-0.2, -0.15) is 0 Å². The molecule has 0 unspecified atom stereocenters. The molecule has 26 heavy (non-hydrogen) atoms. The number of likely N-dealkylation sites (N-methyl/N-ethyl adjacent to an activating group) is 1. The highest BCUT2D eigenvalue weighted by molar-refractivity contribution is 7.90. The van der Waals surface area contributed by atoms with Gasteiger partial charge in [0, 0.05) is 24.1 Å². The van der Waals surface area contributed by atoms with Crippen molar-refractivity contribution in [2.24, 2.45) is 0 Å². The third-order valence-corrected chi connectivity index (χ3v) is 4.95. The first-order valence-corrected chi connectivity index (χ1v) is 10.00. The number of aryl methyl sites for hydroxylation is 1. The third kappa shape index (κ3) is 5.57. The third-order valence-electron chi connectivity index (χ3n) is 3.84. The summed E-state index contributed by atoms with van der Waals surface area (Å²) in [5, 5.41) is 2.73. The predicted octanol–water partition coefficient (Wildman–Crippen LogP) is 2.48. The molecular formula is C19H24N2O4S. The van der Waals surface area contributed by atoms with Crippen LogP contribution in [-0.4, -0.2) is 46.2 Å². The molecule has 2 rings (SSSR count). The average molecular weight is 376 g/mol. The molecule has 0 bridgehead atoms. The van der Waals surface area contributed by atoms with E-state index in [9.17, 15) is 13.2 Å². The summed E-state index contributed by atoms with van der Waals surface area (Å²) >= 11 is 0. The van der Waals surface area contributed by atoms with Crippen LogP contribution in [-0.2, 0) is 21.2 Å². The minimum Gasteiger partial charge on any atom is -0.496 e. The summed E-state index contributed by atoms with van der Waals surface area (Å²) in [5.41, 5.74) is 2.58. The Morgan fingerprint density at radius 2 is 1.92 bits per heavy atom. The molecule has 0 heterocycles. The van der Waals surface area contributed by atoms with E-state index in [2.05, 4.69) is 5.32 Å². The lowest BCUT2D eigenvalue weighted by atomic mass is 10.1. The Hall–Kier alpha value is -2.38. The number of ether oxygens (including phenoxy) is 1. The number of anilines is 1. The van der Waals surface area contributed by atoms with Crippen molar-refractivity contribution in [1.82, 2.24) is 4.90 Å². The molecule has 0 fully saturated rings. The van der Waals surface area contributed by atoms with Crippen LogP contribution in [0.3, 0.4) is 0 Å². The summed E-state index contributed by atoms with van der Waals surface area (Å²) in [5.74, 6) is 0.563. The number of rotatable bonds is 7. The number of sulfone groups is 1. The van der Waals surface area contributed by atoms with Gasteiger partial charge in [-0.1, -0.05) is 23.8 Å². The maximum absolute atomic E-state index is 12.3. The molecule has 0 aromatic heterocycles. The number of carbonyl (C=O) groups excluding carboxylic acids is 1. The molecule has 0 saturated heterocycles. The number of hydrogen-bond donors (Lipinski definition) is 1. The van der Waals surface area contributed by atoms with Crippen LogP contribution in [0.1, 0.15) is 11.1 Å². The van der Waals surface area contributed by atoms with Gasteiger partial charge in [-0.15, -0.1) is 0 Å². The molecule has 0 atom stereocenters. The zero-order valence-corrected chi connectivity index (χ0v) is 16.3. The van der Waals surface area contributed by atoms with Crippen molar-refractivity contribution in [2.75, 3.05) is 32.3 Å². The number of methoxy groups -OCH3 is 1. The van der Waals surface area contributed by atoms with Crippen molar-refractivity contribution in [3.63, 3.8) is 0 Å². The minimum absolute atomic E-state index is 0.167. The van der Waals surface area contributed by atoms with E-state index in [0.717, 1.165) is 23.1 Å². The summed E-state index contributed by atoms with van der Waals surface area (Å²) < 4.78 is 28.6. The molecule has 0 spiro atoms. The van der Waals surface area contributed by atoms with E-state index in [1.807, 2.05) is 37.1 Å². The summed E-state index contributed by atoms with van der Waals surface area (Å²) in [6.07, 6.45) is 1.14. The second-order valence-corrected chi connectivity index (χ2v) is 8.35. The van der Waals surface area contributed by atoms with Gasteiger partial charge in [0.25, 0.3) is 0 Å². The SMILES string of the molecule is COc1ccc(C)cc1CN(C)CC(=O)Nc1cccc(S(C)(=O)=O)c1. The molecule has 1 amide bonds. The highest BCUT2D eigenvalue weighted by Gasteiger charge is 2.12. The first-order valence-electron chi connectivity index (χ1n) is 8.11. The Kier molecular flexibility index (Phi) is 6.39. The second-order valence-electron chi connectivity index (χ2n) is 6.34. The van der Waals surface area contributed by atoms with Gasteiger partial charge in [-0.25, -0.2) is 8.42 Å². The lowest BCUT2D eigenvalue weighted by Crippen LogP contribution is -2.30. The van der Waals surface area contributed by atoms with Crippen LogP contribution in [0, 0.1) is 6.92 Å². The van der Waals surface area contributed by atoms with E-state index in [-0.39, 0.29) is 17.3 Å². The van der Waals surface area contributed by atoms with Gasteiger partial charge >= 0.3 is 0 Å². The van der Waals surface area contributed by atoms with Gasteiger partial charge in [0.1, 0.15) is 5.75 Å². The predicted molar refractivity (Wildman–Crippen MR) is 102 cm³/mol. The van der Waals surface area contributed by atoms with Crippen molar-refractivity contribution in [3.8, 4) is 5.75 Å². The smallest absolute Gasteiger partial charge is 0.238 e. The summed E-state index contributed by atoms with van der Waals surface area (Å²) in [6, 6.07) is 12.1. The van der Waals surface area contributed by atoms with Gasteiger partial charge in [-0.05, 0) is 38.2 Å². The first kappa shape index (κ1) is 19.9. The molecule has 0 aliphatic carbocycles. The number of amides is 1. The average Bonchev–Trinajstić information content (AvgIpc) is 2.54. The highest BCUT2D eigenvalue weighted by Crippen LogP contribution is 2.21. The van der Waals surface area contributed by atoms with Gasteiger partial charge < -0.3 is 10.1 Å². The maximum Gasteiger partial charge on any atom is 0.238 e. The molecule has 2 aromatic carbocycles. The molecule has 0 aliphatic rings. The van der Waals surface area contributed by atoms with E-state index < -0.39 is 9.84 Å². The van der Waals surface area contributed by atoms with Gasteiger partial charge in [-0.3, -0.25) is 9.69 Å². The number of benzene rings is 2. The number of carbonyl (C=O) groups is 1. The topological polar surface area (TPSA) is 75.7 Å². The van der Waals surface area contributed by atoms with Crippen LogP contribution in [0.2, 0.25) is 0 Å². The minimum atomic E-state index is -3.31. The molecular weight excluding hydrogens is 352 g/mol. The van der Waals surface area contributed by atoms with Crippen molar-refractivity contribution in [3.05, 3.63) is 53.6 Å². The summed E-state index contributed by atoms with van der Waals surface area (Å²) in [4.78, 5) is 14.3. The van der Waals surface area contributed by atoms with Crippen LogP contribution < -0.4 is 10.1 Å². The van der Waals surface area contributed by atoms with Gasteiger partial charge in [0.2, 0.25) is 5.91 Å². The van der Waals surface area contributed by atoms with E-state index in [1.165, 1.54) is 12.1 Å². The van der Waals surface area contributed by atoms with Crippen molar-refractivity contribution in [1.29, 1.82) is 0 Å². The zero-order valence-electron chi connectivity index (χ0n) is 15.4. The molecule has 0 radical (unpaired) electrons. The van der Waals surface area contributed by atoms with E-state index >= 15 is 0 Å². The summed E-state index contributed by atoms with van der Waals surface area (Å²) in [6.45, 7) is 2.73. The largest absolute Gasteiger partial charge is 0.496 e. The van der Waals surface area contributed by atoms with E-state index in [0.29, 0.717) is 12.2 Å². The molecule has 2 aromatic rings. The molecule has 6 nitrogen and oxygen atoms in total. The van der Waals surface area contributed by atoms with Crippen LogP contribution in [0.4, 0.5) is 5.69 Å². The molecule has 7 heteroatoms. The molecule has 140 valence electrons. The Bertz CT molecular complexity index is 894. The van der Waals surface area contributed by atoms with Crippen LogP contribution in [0.15, 0.2) is 47.4 Å². The highest BCUT2D eigenvalue weighted by atomic mass is 32.2. The fraction of sp³-hybridized carbons (Fsp3) is 0.316. The number of hydrogen-bond acceptors (Lipinski definition) is 5. The Labute approximate surface area is 154 Å².